The fraction of sp³-hybridized carbons (Fsp3) is 0.579. The molecule has 0 radical (unpaired) electrons. The van der Waals surface area contributed by atoms with Crippen molar-refractivity contribution in [2.75, 3.05) is 19.6 Å². The fourth-order valence-corrected chi connectivity index (χ4v) is 4.02. The van der Waals surface area contributed by atoms with E-state index in [0.29, 0.717) is 13.0 Å². The Morgan fingerprint density at radius 3 is 2.50 bits per heavy atom. The lowest BCUT2D eigenvalue weighted by atomic mass is 9.72. The molecule has 1 aromatic carbocycles. The zero-order chi connectivity index (χ0) is 17.2. The lowest BCUT2D eigenvalue weighted by Crippen LogP contribution is -2.54. The average molecular weight is 329 g/mol. The Balaban J connectivity index is 1.63. The van der Waals surface area contributed by atoms with Crippen molar-refractivity contribution in [3.63, 3.8) is 0 Å². The summed E-state index contributed by atoms with van der Waals surface area (Å²) in [5.74, 6) is 0.00730. The third-order valence-electron chi connectivity index (χ3n) is 5.78. The Hall–Kier alpha value is -1.88. The van der Waals surface area contributed by atoms with Crippen LogP contribution in [0.2, 0.25) is 0 Å². The molecule has 5 nitrogen and oxygen atoms in total. The number of benzene rings is 1. The van der Waals surface area contributed by atoms with Crippen LogP contribution < -0.4 is 5.73 Å². The summed E-state index contributed by atoms with van der Waals surface area (Å²) in [6.07, 6.45) is 3.67. The van der Waals surface area contributed by atoms with Crippen molar-refractivity contribution < 1.29 is 9.59 Å². The Bertz CT molecular complexity index is 594. The topological polar surface area (TPSA) is 66.6 Å². The summed E-state index contributed by atoms with van der Waals surface area (Å²) in [7, 11) is 0. The fourth-order valence-electron chi connectivity index (χ4n) is 4.02. The highest BCUT2D eigenvalue weighted by Crippen LogP contribution is 2.40. The molecule has 24 heavy (non-hydrogen) atoms. The number of likely N-dealkylation sites (tertiary alicyclic amines) is 2. The molecular formula is C19H27N3O2. The average Bonchev–Trinajstić information content (AvgIpc) is 2.59. The van der Waals surface area contributed by atoms with E-state index in [1.807, 2.05) is 30.0 Å². The molecule has 2 heterocycles. The van der Waals surface area contributed by atoms with Crippen molar-refractivity contribution >= 4 is 11.8 Å². The van der Waals surface area contributed by atoms with Gasteiger partial charge in [-0.3, -0.25) is 14.5 Å². The molecule has 2 aliphatic rings. The van der Waals surface area contributed by atoms with Crippen LogP contribution in [0.3, 0.4) is 0 Å². The minimum Gasteiger partial charge on any atom is -0.368 e. The Morgan fingerprint density at radius 2 is 1.88 bits per heavy atom. The van der Waals surface area contributed by atoms with Crippen molar-refractivity contribution in [1.82, 2.24) is 9.80 Å². The van der Waals surface area contributed by atoms with E-state index in [2.05, 4.69) is 17.0 Å². The van der Waals surface area contributed by atoms with Gasteiger partial charge in [0.25, 0.3) is 0 Å². The molecule has 2 saturated heterocycles. The summed E-state index contributed by atoms with van der Waals surface area (Å²) in [5.41, 5.74) is 6.82. The summed E-state index contributed by atoms with van der Waals surface area (Å²) in [6, 6.07) is 9.98. The molecule has 2 amide bonds. The zero-order valence-corrected chi connectivity index (χ0v) is 14.4. The minimum absolute atomic E-state index is 0.201. The maximum Gasteiger partial charge on any atom is 0.234 e. The summed E-state index contributed by atoms with van der Waals surface area (Å²) in [4.78, 5) is 27.9. The van der Waals surface area contributed by atoms with Crippen LogP contribution in [0.4, 0.5) is 0 Å². The first-order chi connectivity index (χ1) is 11.5. The van der Waals surface area contributed by atoms with Crippen LogP contribution >= 0.6 is 0 Å². The first-order valence-corrected chi connectivity index (χ1v) is 8.84. The highest BCUT2D eigenvalue weighted by Gasteiger charge is 2.41. The Kier molecular flexibility index (Phi) is 4.90. The lowest BCUT2D eigenvalue weighted by molar-refractivity contribution is -0.140. The van der Waals surface area contributed by atoms with E-state index in [4.69, 9.17) is 5.73 Å². The van der Waals surface area contributed by atoms with Gasteiger partial charge in [-0.05, 0) is 50.3 Å². The van der Waals surface area contributed by atoms with Crippen LogP contribution in [0.15, 0.2) is 30.3 Å². The van der Waals surface area contributed by atoms with E-state index in [1.165, 1.54) is 5.56 Å². The van der Waals surface area contributed by atoms with Crippen LogP contribution in [-0.4, -0.2) is 47.3 Å². The number of hydrogen-bond donors (Lipinski definition) is 1. The number of carbonyl (C=O) groups is 2. The molecule has 1 spiro atoms. The van der Waals surface area contributed by atoms with E-state index in [0.717, 1.165) is 38.9 Å². The van der Waals surface area contributed by atoms with Gasteiger partial charge in [-0.2, -0.15) is 0 Å². The molecule has 5 heteroatoms. The summed E-state index contributed by atoms with van der Waals surface area (Å²) < 4.78 is 0. The third-order valence-corrected chi connectivity index (χ3v) is 5.78. The minimum atomic E-state index is -0.254. The molecular weight excluding hydrogens is 302 g/mol. The van der Waals surface area contributed by atoms with Crippen LogP contribution in [0.1, 0.15) is 38.2 Å². The molecule has 130 valence electrons. The van der Waals surface area contributed by atoms with Gasteiger partial charge in [-0.25, -0.2) is 0 Å². The molecule has 2 N–H and O–H groups in total. The predicted molar refractivity (Wildman–Crippen MR) is 93.0 cm³/mol. The van der Waals surface area contributed by atoms with E-state index in [9.17, 15) is 9.59 Å². The largest absolute Gasteiger partial charge is 0.368 e. The van der Waals surface area contributed by atoms with E-state index >= 15 is 0 Å². The van der Waals surface area contributed by atoms with E-state index in [1.54, 1.807) is 0 Å². The lowest BCUT2D eigenvalue weighted by Gasteiger charge is -2.48. The molecule has 2 aliphatic heterocycles. The molecule has 1 atom stereocenters. The second-order valence-corrected chi connectivity index (χ2v) is 7.35. The number of piperidine rings is 2. The van der Waals surface area contributed by atoms with Crippen molar-refractivity contribution in [3.8, 4) is 0 Å². The van der Waals surface area contributed by atoms with Crippen molar-refractivity contribution in [2.24, 2.45) is 11.1 Å². The molecule has 3 rings (SSSR count). The monoisotopic (exact) mass is 329 g/mol. The smallest absolute Gasteiger partial charge is 0.234 e. The summed E-state index contributed by atoms with van der Waals surface area (Å²) in [6.45, 7) is 5.18. The first kappa shape index (κ1) is 17.0. The number of nitrogens with zero attached hydrogens (tertiary/aromatic N) is 2. The van der Waals surface area contributed by atoms with Gasteiger partial charge in [0.05, 0.1) is 6.04 Å². The highest BCUT2D eigenvalue weighted by molar-refractivity contribution is 5.79. The quantitative estimate of drug-likeness (QED) is 0.915. The van der Waals surface area contributed by atoms with Gasteiger partial charge >= 0.3 is 0 Å². The number of carbonyl (C=O) groups excluding carboxylic acids is 2. The number of primary amides is 1. The maximum absolute atomic E-state index is 12.3. The van der Waals surface area contributed by atoms with Gasteiger partial charge in [-0.1, -0.05) is 30.3 Å². The predicted octanol–water partition coefficient (Wildman–Crippen LogP) is 1.76. The van der Waals surface area contributed by atoms with Gasteiger partial charge in [-0.15, -0.1) is 0 Å². The highest BCUT2D eigenvalue weighted by atomic mass is 16.2. The molecule has 0 aromatic heterocycles. The summed E-state index contributed by atoms with van der Waals surface area (Å²) in [5, 5.41) is 0. The second kappa shape index (κ2) is 6.93. The molecule has 2 fully saturated rings. The molecule has 1 aromatic rings. The first-order valence-electron chi connectivity index (χ1n) is 8.84. The van der Waals surface area contributed by atoms with Crippen LogP contribution in [0, 0.1) is 5.41 Å². The number of rotatable bonds is 4. The number of nitrogens with two attached hydrogens (primary N) is 1. The van der Waals surface area contributed by atoms with Gasteiger partial charge in [0.1, 0.15) is 0 Å². The van der Waals surface area contributed by atoms with Gasteiger partial charge in [0.2, 0.25) is 11.8 Å². The standard InChI is InChI=1S/C19H27N3O2/c1-15(18(20)24)21-11-9-19(10-12-21)8-7-17(23)22(14-19)13-16-5-3-2-4-6-16/h2-6,15H,7-14H2,1H3,(H2,20,24). The van der Waals surface area contributed by atoms with E-state index < -0.39 is 0 Å². The van der Waals surface area contributed by atoms with Crippen molar-refractivity contribution in [2.45, 2.75) is 45.2 Å². The molecule has 0 aliphatic carbocycles. The van der Waals surface area contributed by atoms with Gasteiger partial charge < -0.3 is 10.6 Å². The second-order valence-electron chi connectivity index (χ2n) is 7.35. The SMILES string of the molecule is CC(C(N)=O)N1CCC2(CCC(=O)N(Cc3ccccc3)C2)CC1. The van der Waals surface area contributed by atoms with Crippen LogP contribution in [0.5, 0.6) is 0 Å². The summed E-state index contributed by atoms with van der Waals surface area (Å²) >= 11 is 0. The van der Waals surface area contributed by atoms with Crippen molar-refractivity contribution in [3.05, 3.63) is 35.9 Å². The number of hydrogen-bond acceptors (Lipinski definition) is 3. The molecule has 0 bridgehead atoms. The Morgan fingerprint density at radius 1 is 1.21 bits per heavy atom. The zero-order valence-electron chi connectivity index (χ0n) is 14.4. The third kappa shape index (κ3) is 3.61. The van der Waals surface area contributed by atoms with Gasteiger partial charge in [0, 0.05) is 19.5 Å². The maximum atomic E-state index is 12.3. The van der Waals surface area contributed by atoms with Crippen molar-refractivity contribution in [1.29, 1.82) is 0 Å². The molecule has 0 saturated carbocycles. The van der Waals surface area contributed by atoms with E-state index in [-0.39, 0.29) is 23.3 Å². The Labute approximate surface area is 143 Å². The normalized spacial score (nSPS) is 22.5. The van der Waals surface area contributed by atoms with Gasteiger partial charge in [0.15, 0.2) is 0 Å². The molecule has 1 unspecified atom stereocenters. The van der Waals surface area contributed by atoms with Crippen LogP contribution in [-0.2, 0) is 16.1 Å². The van der Waals surface area contributed by atoms with Crippen LogP contribution in [0.25, 0.3) is 0 Å². The number of amides is 2.